The average Bonchev–Trinajstić information content (AvgIpc) is 3.47. The number of carbonyl (C=O) groups excluding carboxylic acids is 2. The topological polar surface area (TPSA) is 122 Å². The number of benzene rings is 1. The Labute approximate surface area is 175 Å². The molecule has 0 unspecified atom stereocenters. The summed E-state index contributed by atoms with van der Waals surface area (Å²) in [5.74, 6) is -1.27. The Balaban J connectivity index is 1.51. The molecule has 0 spiro atoms. The van der Waals surface area contributed by atoms with Crippen LogP contribution in [0.25, 0.3) is 28.0 Å². The van der Waals surface area contributed by atoms with E-state index in [2.05, 4.69) is 25.5 Å². The molecule has 1 aliphatic heterocycles. The van der Waals surface area contributed by atoms with Gasteiger partial charge < -0.3 is 19.8 Å². The minimum atomic E-state index is -0.749. The van der Waals surface area contributed by atoms with Crippen molar-refractivity contribution in [2.75, 3.05) is 11.9 Å². The van der Waals surface area contributed by atoms with Crippen LogP contribution in [0.2, 0.25) is 0 Å². The van der Waals surface area contributed by atoms with Gasteiger partial charge in [-0.15, -0.1) is 0 Å². The summed E-state index contributed by atoms with van der Waals surface area (Å²) in [6, 6.07) is 9.14. The predicted molar refractivity (Wildman–Crippen MR) is 114 cm³/mol. The van der Waals surface area contributed by atoms with Gasteiger partial charge in [0.15, 0.2) is 11.3 Å². The first-order chi connectivity index (χ1) is 15.1. The van der Waals surface area contributed by atoms with E-state index in [4.69, 9.17) is 9.47 Å². The van der Waals surface area contributed by atoms with Crippen LogP contribution in [0.3, 0.4) is 0 Å². The standard InChI is InChI=1S/C22H17N5O4/c1-2-30-22(29)18-19(28)17(8-13-10-24-20-15(13)4-3-7-23-20)31-21(18)26-14-6-5-12-11-25-27-16(12)9-14/h3-11,26H,2H2,1H3,(H,23,24)(H,25,27). The van der Waals surface area contributed by atoms with E-state index in [1.807, 2.05) is 12.1 Å². The van der Waals surface area contributed by atoms with Crippen molar-refractivity contribution in [1.29, 1.82) is 0 Å². The van der Waals surface area contributed by atoms with Crippen molar-refractivity contribution in [1.82, 2.24) is 20.2 Å². The second-order valence-corrected chi connectivity index (χ2v) is 6.80. The van der Waals surface area contributed by atoms with E-state index in [-0.39, 0.29) is 23.8 Å². The lowest BCUT2D eigenvalue weighted by Crippen LogP contribution is -2.16. The Bertz CT molecular complexity index is 1400. The zero-order valence-electron chi connectivity index (χ0n) is 16.4. The number of ketones is 1. The number of nitrogens with one attached hydrogen (secondary N) is 3. The minimum Gasteiger partial charge on any atom is -0.462 e. The molecule has 0 saturated heterocycles. The summed E-state index contributed by atoms with van der Waals surface area (Å²) in [5, 5.41) is 11.6. The van der Waals surface area contributed by atoms with Crippen LogP contribution in [0.15, 0.2) is 66.1 Å². The highest BCUT2D eigenvalue weighted by Gasteiger charge is 2.37. The first kappa shape index (κ1) is 18.6. The number of pyridine rings is 1. The number of aromatic nitrogens is 4. The first-order valence-electron chi connectivity index (χ1n) is 9.62. The van der Waals surface area contributed by atoms with E-state index in [9.17, 15) is 9.59 Å². The van der Waals surface area contributed by atoms with E-state index < -0.39 is 11.8 Å². The highest BCUT2D eigenvalue weighted by molar-refractivity contribution is 6.26. The molecule has 0 bridgehead atoms. The lowest BCUT2D eigenvalue weighted by molar-refractivity contribution is -0.139. The summed E-state index contributed by atoms with van der Waals surface area (Å²) in [4.78, 5) is 32.8. The van der Waals surface area contributed by atoms with Crippen LogP contribution in [-0.4, -0.2) is 38.5 Å². The van der Waals surface area contributed by atoms with Gasteiger partial charge in [-0.3, -0.25) is 9.89 Å². The number of allylic oxidation sites excluding steroid dienone is 1. The molecule has 0 amide bonds. The van der Waals surface area contributed by atoms with Crippen LogP contribution in [-0.2, 0) is 19.1 Å². The summed E-state index contributed by atoms with van der Waals surface area (Å²) in [6.45, 7) is 1.81. The number of hydrogen-bond donors (Lipinski definition) is 3. The SMILES string of the molecule is CCOC(=O)C1=C(Nc2ccc3cn[nH]c3c2)OC(=Cc2c[nH]c3ncccc23)C1=O. The van der Waals surface area contributed by atoms with Gasteiger partial charge in [0.25, 0.3) is 0 Å². The molecule has 3 aromatic heterocycles. The normalized spacial score (nSPS) is 15.1. The Kier molecular flexibility index (Phi) is 4.47. The fourth-order valence-corrected chi connectivity index (χ4v) is 3.39. The first-order valence-corrected chi connectivity index (χ1v) is 9.62. The highest BCUT2D eigenvalue weighted by Crippen LogP contribution is 2.30. The smallest absolute Gasteiger partial charge is 0.347 e. The van der Waals surface area contributed by atoms with Crippen LogP contribution in [0, 0.1) is 0 Å². The zero-order valence-corrected chi connectivity index (χ0v) is 16.4. The molecule has 4 aromatic rings. The lowest BCUT2D eigenvalue weighted by Gasteiger charge is -2.08. The summed E-state index contributed by atoms with van der Waals surface area (Å²) < 4.78 is 10.9. The van der Waals surface area contributed by atoms with Gasteiger partial charge in [0.05, 0.1) is 18.3 Å². The van der Waals surface area contributed by atoms with Crippen molar-refractivity contribution in [2.24, 2.45) is 0 Å². The molecule has 31 heavy (non-hydrogen) atoms. The molecule has 0 aliphatic carbocycles. The zero-order chi connectivity index (χ0) is 21.4. The fraction of sp³-hybridized carbons (Fsp3) is 0.0909. The number of rotatable bonds is 5. The molecular weight excluding hydrogens is 398 g/mol. The van der Waals surface area contributed by atoms with Crippen molar-refractivity contribution in [3.63, 3.8) is 0 Å². The molecule has 0 atom stereocenters. The fourth-order valence-electron chi connectivity index (χ4n) is 3.39. The van der Waals surface area contributed by atoms with Gasteiger partial charge in [-0.05, 0) is 43.3 Å². The number of carbonyl (C=O) groups is 2. The maximum Gasteiger partial charge on any atom is 0.347 e. The molecule has 0 saturated carbocycles. The van der Waals surface area contributed by atoms with Crippen LogP contribution >= 0.6 is 0 Å². The van der Waals surface area contributed by atoms with Crippen LogP contribution in [0.1, 0.15) is 12.5 Å². The molecule has 5 rings (SSSR count). The summed E-state index contributed by atoms with van der Waals surface area (Å²) >= 11 is 0. The lowest BCUT2D eigenvalue weighted by atomic mass is 10.1. The number of aromatic amines is 2. The second kappa shape index (κ2) is 7.45. The number of anilines is 1. The highest BCUT2D eigenvalue weighted by atomic mass is 16.5. The van der Waals surface area contributed by atoms with Crippen molar-refractivity contribution >= 4 is 45.5 Å². The quantitative estimate of drug-likeness (QED) is 0.260. The molecule has 154 valence electrons. The molecule has 4 heterocycles. The van der Waals surface area contributed by atoms with Crippen LogP contribution in [0.4, 0.5) is 5.69 Å². The van der Waals surface area contributed by atoms with Crippen molar-refractivity contribution < 1.29 is 19.1 Å². The molecule has 0 fully saturated rings. The van der Waals surface area contributed by atoms with Crippen molar-refractivity contribution in [2.45, 2.75) is 6.92 Å². The molecule has 3 N–H and O–H groups in total. The third-order valence-electron chi connectivity index (χ3n) is 4.84. The maximum absolute atomic E-state index is 13.0. The Morgan fingerprint density at radius 3 is 3.10 bits per heavy atom. The van der Waals surface area contributed by atoms with E-state index in [1.165, 1.54) is 0 Å². The Hall–Kier alpha value is -4.40. The third kappa shape index (κ3) is 3.31. The molecule has 1 aliphatic rings. The number of esters is 1. The minimum absolute atomic E-state index is 0.0120. The molecule has 0 radical (unpaired) electrons. The number of Topliss-reactive ketones (excluding diaryl/α,β-unsaturated/α-hetero) is 1. The molecule has 1 aromatic carbocycles. The van der Waals surface area contributed by atoms with E-state index >= 15 is 0 Å². The number of ether oxygens (including phenoxy) is 2. The number of fused-ring (bicyclic) bond motifs is 2. The maximum atomic E-state index is 13.0. The molecule has 9 nitrogen and oxygen atoms in total. The van der Waals surface area contributed by atoms with Gasteiger partial charge in [-0.1, -0.05) is 0 Å². The van der Waals surface area contributed by atoms with E-state index in [0.717, 1.165) is 21.9 Å². The van der Waals surface area contributed by atoms with Crippen LogP contribution < -0.4 is 5.32 Å². The molecular formula is C22H17N5O4. The van der Waals surface area contributed by atoms with Gasteiger partial charge in [0.1, 0.15) is 5.65 Å². The third-order valence-corrected chi connectivity index (χ3v) is 4.84. The van der Waals surface area contributed by atoms with Gasteiger partial charge >= 0.3 is 5.97 Å². The van der Waals surface area contributed by atoms with Gasteiger partial charge in [0, 0.05) is 34.4 Å². The Morgan fingerprint density at radius 1 is 1.32 bits per heavy atom. The number of hydrogen-bond acceptors (Lipinski definition) is 7. The number of nitrogens with zero attached hydrogens (tertiary/aromatic N) is 2. The summed E-state index contributed by atoms with van der Waals surface area (Å²) in [6.07, 6.45) is 6.68. The van der Waals surface area contributed by atoms with Gasteiger partial charge in [-0.25, -0.2) is 9.78 Å². The summed E-state index contributed by atoms with van der Waals surface area (Å²) in [7, 11) is 0. The van der Waals surface area contributed by atoms with Crippen molar-refractivity contribution in [3.05, 3.63) is 71.7 Å². The number of H-pyrrole nitrogens is 2. The van der Waals surface area contributed by atoms with Gasteiger partial charge in [-0.2, -0.15) is 5.10 Å². The van der Waals surface area contributed by atoms with Crippen molar-refractivity contribution in [3.8, 4) is 0 Å². The van der Waals surface area contributed by atoms with E-state index in [0.29, 0.717) is 11.3 Å². The summed E-state index contributed by atoms with van der Waals surface area (Å²) in [5.41, 5.74) is 2.64. The largest absolute Gasteiger partial charge is 0.462 e. The average molecular weight is 415 g/mol. The predicted octanol–water partition coefficient (Wildman–Crippen LogP) is 3.27. The van der Waals surface area contributed by atoms with E-state index in [1.54, 1.807) is 49.8 Å². The van der Waals surface area contributed by atoms with Gasteiger partial charge in [0.2, 0.25) is 11.7 Å². The Morgan fingerprint density at radius 2 is 2.23 bits per heavy atom. The van der Waals surface area contributed by atoms with Crippen LogP contribution in [0.5, 0.6) is 0 Å². The molecule has 9 heteroatoms. The second-order valence-electron chi connectivity index (χ2n) is 6.80. The monoisotopic (exact) mass is 415 g/mol.